The highest BCUT2D eigenvalue weighted by Gasteiger charge is 2.07. The lowest BCUT2D eigenvalue weighted by Crippen LogP contribution is -2.15. The van der Waals surface area contributed by atoms with E-state index in [-0.39, 0.29) is 11.3 Å². The molecule has 0 bridgehead atoms. The van der Waals surface area contributed by atoms with Gasteiger partial charge in [-0.3, -0.25) is 9.78 Å². The summed E-state index contributed by atoms with van der Waals surface area (Å²) in [7, 11) is 1.54. The van der Waals surface area contributed by atoms with E-state index in [2.05, 4.69) is 9.72 Å². The highest BCUT2D eigenvalue weighted by Crippen LogP contribution is 2.18. The van der Waals surface area contributed by atoms with Crippen LogP contribution in [0.4, 0.5) is 8.78 Å². The van der Waals surface area contributed by atoms with E-state index >= 15 is 0 Å². The van der Waals surface area contributed by atoms with Crippen molar-refractivity contribution >= 4 is 11.0 Å². The van der Waals surface area contributed by atoms with Crippen molar-refractivity contribution in [2.45, 2.75) is 6.61 Å². The van der Waals surface area contributed by atoms with Crippen LogP contribution in [0.1, 0.15) is 0 Å². The molecule has 0 amide bonds. The smallest absolute Gasteiger partial charge is 0.387 e. The molecule has 2 aromatic heterocycles. The van der Waals surface area contributed by atoms with Gasteiger partial charge in [0.1, 0.15) is 5.75 Å². The van der Waals surface area contributed by atoms with E-state index in [0.29, 0.717) is 11.0 Å². The maximum absolute atomic E-state index is 12.0. The molecule has 0 radical (unpaired) electrons. The summed E-state index contributed by atoms with van der Waals surface area (Å²) < 4.78 is 29.5. The molecule has 0 aliphatic heterocycles. The first-order chi connectivity index (χ1) is 7.58. The van der Waals surface area contributed by atoms with Gasteiger partial charge >= 0.3 is 6.61 Å². The van der Waals surface area contributed by atoms with Gasteiger partial charge in [-0.1, -0.05) is 0 Å². The molecule has 0 N–H and O–H groups in total. The largest absolute Gasteiger partial charge is 0.433 e. The average Bonchev–Trinajstić information content (AvgIpc) is 2.23. The van der Waals surface area contributed by atoms with Crippen LogP contribution in [0.3, 0.4) is 0 Å². The third-order valence-electron chi connectivity index (χ3n) is 2.17. The predicted octanol–water partition coefficient (Wildman–Crippen LogP) is 1.53. The first-order valence-corrected chi connectivity index (χ1v) is 4.48. The summed E-state index contributed by atoms with van der Waals surface area (Å²) in [6.07, 6.45) is 1.19. The van der Waals surface area contributed by atoms with Crippen LogP contribution in [0, 0.1) is 0 Å². The lowest BCUT2D eigenvalue weighted by Gasteiger charge is -2.07. The van der Waals surface area contributed by atoms with Gasteiger partial charge in [-0.25, -0.2) is 0 Å². The Morgan fingerprint density at radius 2 is 2.19 bits per heavy atom. The summed E-state index contributed by atoms with van der Waals surface area (Å²) in [5.74, 6) is -0.0660. The van der Waals surface area contributed by atoms with Gasteiger partial charge in [0.05, 0.1) is 17.2 Å². The number of ether oxygens (including phenoxy) is 1. The lowest BCUT2D eigenvalue weighted by molar-refractivity contribution is -0.0499. The highest BCUT2D eigenvalue weighted by molar-refractivity contribution is 5.75. The number of aromatic nitrogens is 2. The molecule has 0 aliphatic rings. The zero-order chi connectivity index (χ0) is 11.7. The monoisotopic (exact) mass is 226 g/mol. The van der Waals surface area contributed by atoms with Gasteiger partial charge in [-0.15, -0.1) is 0 Å². The number of hydrogen-bond donors (Lipinski definition) is 0. The van der Waals surface area contributed by atoms with Crippen LogP contribution in [0.2, 0.25) is 0 Å². The van der Waals surface area contributed by atoms with Crippen molar-refractivity contribution in [2.75, 3.05) is 0 Å². The van der Waals surface area contributed by atoms with Crippen molar-refractivity contribution in [3.8, 4) is 5.75 Å². The topological polar surface area (TPSA) is 44.1 Å². The van der Waals surface area contributed by atoms with Crippen molar-refractivity contribution in [3.63, 3.8) is 0 Å². The van der Waals surface area contributed by atoms with E-state index in [1.807, 2.05) is 0 Å². The highest BCUT2D eigenvalue weighted by atomic mass is 19.3. The third kappa shape index (κ3) is 1.86. The number of fused-ring (bicyclic) bond motifs is 1. The van der Waals surface area contributed by atoms with Crippen molar-refractivity contribution < 1.29 is 13.5 Å². The standard InChI is InChI=1S/C10H8F2N2O2/c1-14-8-4-6(16-10(11)12)5-13-7(8)2-3-9(14)15/h2-5,10H,1H3. The zero-order valence-electron chi connectivity index (χ0n) is 8.35. The van der Waals surface area contributed by atoms with E-state index in [1.165, 1.54) is 29.0 Å². The van der Waals surface area contributed by atoms with E-state index in [0.717, 1.165) is 0 Å². The molecule has 2 heterocycles. The summed E-state index contributed by atoms with van der Waals surface area (Å²) >= 11 is 0. The van der Waals surface area contributed by atoms with Crippen LogP contribution in [-0.2, 0) is 7.05 Å². The maximum Gasteiger partial charge on any atom is 0.387 e. The van der Waals surface area contributed by atoms with Gasteiger partial charge in [-0.2, -0.15) is 8.78 Å². The molecule has 6 heteroatoms. The molecule has 16 heavy (non-hydrogen) atoms. The molecule has 0 spiro atoms. The van der Waals surface area contributed by atoms with E-state index < -0.39 is 6.61 Å². The average molecular weight is 226 g/mol. The molecule has 0 unspecified atom stereocenters. The minimum absolute atomic E-state index is 0.0660. The van der Waals surface area contributed by atoms with E-state index in [9.17, 15) is 13.6 Å². The van der Waals surface area contributed by atoms with E-state index in [1.54, 1.807) is 7.05 Å². The number of hydrogen-bond acceptors (Lipinski definition) is 3. The van der Waals surface area contributed by atoms with Crippen molar-refractivity contribution in [3.05, 3.63) is 34.7 Å². The SMILES string of the molecule is Cn1c(=O)ccc2ncc(OC(F)F)cc21. The Balaban J connectivity index is 2.60. The second-order valence-electron chi connectivity index (χ2n) is 3.18. The quantitative estimate of drug-likeness (QED) is 0.780. The molecular formula is C10H8F2N2O2. The summed E-state index contributed by atoms with van der Waals surface area (Å²) in [5, 5.41) is 0. The van der Waals surface area contributed by atoms with Crippen molar-refractivity contribution in [2.24, 2.45) is 7.05 Å². The molecule has 84 valence electrons. The molecule has 2 aromatic rings. The van der Waals surface area contributed by atoms with Gasteiger partial charge in [0.15, 0.2) is 0 Å². The minimum atomic E-state index is -2.90. The molecule has 0 saturated carbocycles. The van der Waals surface area contributed by atoms with Gasteiger partial charge in [0.25, 0.3) is 5.56 Å². The van der Waals surface area contributed by atoms with Gasteiger partial charge in [0, 0.05) is 19.2 Å². The molecule has 0 aromatic carbocycles. The van der Waals surface area contributed by atoms with Crippen LogP contribution in [-0.4, -0.2) is 16.2 Å². The Kier molecular flexibility index (Phi) is 2.55. The Hall–Kier alpha value is -1.98. The second-order valence-corrected chi connectivity index (χ2v) is 3.18. The van der Waals surface area contributed by atoms with Crippen LogP contribution in [0.5, 0.6) is 5.75 Å². The first-order valence-electron chi connectivity index (χ1n) is 4.48. The number of aryl methyl sites for hydroxylation is 1. The Morgan fingerprint density at radius 1 is 1.44 bits per heavy atom. The van der Waals surface area contributed by atoms with Crippen LogP contribution in [0.25, 0.3) is 11.0 Å². The Morgan fingerprint density at radius 3 is 2.88 bits per heavy atom. The fraction of sp³-hybridized carbons (Fsp3) is 0.200. The molecule has 0 saturated heterocycles. The van der Waals surface area contributed by atoms with Crippen molar-refractivity contribution in [1.82, 2.24) is 9.55 Å². The zero-order valence-corrected chi connectivity index (χ0v) is 8.35. The third-order valence-corrected chi connectivity index (χ3v) is 2.17. The van der Waals surface area contributed by atoms with Crippen LogP contribution < -0.4 is 10.3 Å². The van der Waals surface area contributed by atoms with Gasteiger partial charge in [0.2, 0.25) is 0 Å². The number of rotatable bonds is 2. The fourth-order valence-corrected chi connectivity index (χ4v) is 1.39. The van der Waals surface area contributed by atoms with Crippen molar-refractivity contribution in [1.29, 1.82) is 0 Å². The predicted molar refractivity (Wildman–Crippen MR) is 53.6 cm³/mol. The van der Waals surface area contributed by atoms with Gasteiger partial charge < -0.3 is 9.30 Å². The molecule has 2 rings (SSSR count). The fourth-order valence-electron chi connectivity index (χ4n) is 1.39. The van der Waals surface area contributed by atoms with Crippen LogP contribution in [0.15, 0.2) is 29.2 Å². The normalized spacial score (nSPS) is 11.0. The number of halogens is 2. The lowest BCUT2D eigenvalue weighted by atomic mass is 10.3. The van der Waals surface area contributed by atoms with E-state index in [4.69, 9.17) is 0 Å². The summed E-state index contributed by atoms with van der Waals surface area (Å²) in [5.41, 5.74) is 0.762. The second kappa shape index (κ2) is 3.88. The molecule has 0 fully saturated rings. The Labute approximate surface area is 89.1 Å². The maximum atomic E-state index is 12.0. The number of alkyl halides is 2. The molecule has 0 aliphatic carbocycles. The first kappa shape index (κ1) is 10.5. The summed E-state index contributed by atoms with van der Waals surface area (Å²) in [6.45, 7) is -2.90. The minimum Gasteiger partial charge on any atom is -0.433 e. The number of nitrogens with zero attached hydrogens (tertiary/aromatic N) is 2. The number of pyridine rings is 2. The molecule has 0 atom stereocenters. The summed E-state index contributed by atoms with van der Waals surface area (Å²) in [6, 6.07) is 4.25. The van der Waals surface area contributed by atoms with Crippen LogP contribution >= 0.6 is 0 Å². The Bertz CT molecular complexity index is 581. The summed E-state index contributed by atoms with van der Waals surface area (Å²) in [4.78, 5) is 15.2. The molecule has 4 nitrogen and oxygen atoms in total. The molecular weight excluding hydrogens is 218 g/mol. The van der Waals surface area contributed by atoms with Gasteiger partial charge in [-0.05, 0) is 6.07 Å².